The molecule has 2 rings (SSSR count). The molecule has 4 heteroatoms. The maximum absolute atomic E-state index is 4.03. The van der Waals surface area contributed by atoms with Gasteiger partial charge in [0.15, 0.2) is 0 Å². The molecule has 0 amide bonds. The summed E-state index contributed by atoms with van der Waals surface area (Å²) in [6, 6.07) is 8.45. The van der Waals surface area contributed by atoms with Crippen LogP contribution in [0.5, 0.6) is 0 Å². The van der Waals surface area contributed by atoms with Crippen molar-refractivity contribution in [3.05, 3.63) is 43.0 Å². The number of imidazole rings is 1. The van der Waals surface area contributed by atoms with E-state index in [-0.39, 0.29) is 0 Å². The van der Waals surface area contributed by atoms with Crippen molar-refractivity contribution in [1.82, 2.24) is 9.55 Å². The van der Waals surface area contributed by atoms with Crippen LogP contribution in [0.4, 0.5) is 11.4 Å². The average Bonchev–Trinajstić information content (AvgIpc) is 2.88. The number of nitrogens with one attached hydrogen (secondary N) is 1. The fourth-order valence-corrected chi connectivity index (χ4v) is 1.81. The summed E-state index contributed by atoms with van der Waals surface area (Å²) < 4.78 is 2.10. The molecule has 18 heavy (non-hydrogen) atoms. The van der Waals surface area contributed by atoms with Gasteiger partial charge in [-0.3, -0.25) is 0 Å². The molecule has 1 heterocycles. The third-order valence-corrected chi connectivity index (χ3v) is 2.84. The molecule has 4 nitrogen and oxygen atoms in total. The van der Waals surface area contributed by atoms with Crippen LogP contribution in [0.25, 0.3) is 0 Å². The highest BCUT2D eigenvalue weighted by molar-refractivity contribution is 5.57. The highest BCUT2D eigenvalue weighted by atomic mass is 15.1. The second kappa shape index (κ2) is 6.10. The zero-order valence-electron chi connectivity index (χ0n) is 11.0. The van der Waals surface area contributed by atoms with Crippen LogP contribution in [0.3, 0.4) is 0 Å². The fourth-order valence-electron chi connectivity index (χ4n) is 1.81. The second-order valence-electron chi connectivity index (χ2n) is 4.53. The van der Waals surface area contributed by atoms with E-state index in [2.05, 4.69) is 58.1 Å². The third-order valence-electron chi connectivity index (χ3n) is 2.84. The Morgan fingerprint density at radius 2 is 2.22 bits per heavy atom. The first-order valence-corrected chi connectivity index (χ1v) is 6.23. The molecule has 1 aromatic carbocycles. The quantitative estimate of drug-likeness (QED) is 0.792. The van der Waals surface area contributed by atoms with E-state index in [1.165, 1.54) is 11.4 Å². The van der Waals surface area contributed by atoms with Crippen molar-refractivity contribution in [2.24, 2.45) is 0 Å². The van der Waals surface area contributed by atoms with E-state index in [1.54, 1.807) is 0 Å². The Hall–Kier alpha value is -1.97. The number of aromatic nitrogens is 2. The summed E-state index contributed by atoms with van der Waals surface area (Å²) in [5, 5.41) is 3.44. The molecule has 0 atom stereocenters. The molecule has 0 spiro atoms. The lowest BCUT2D eigenvalue weighted by molar-refractivity contribution is 0.661. The van der Waals surface area contributed by atoms with Gasteiger partial charge in [0.25, 0.3) is 0 Å². The smallest absolute Gasteiger partial charge is 0.0945 e. The molecule has 0 fully saturated rings. The van der Waals surface area contributed by atoms with Gasteiger partial charge in [-0.15, -0.1) is 0 Å². The number of aryl methyl sites for hydroxylation is 1. The maximum atomic E-state index is 4.03. The molecule has 96 valence electrons. The SMILES string of the molecule is CN(C)c1cccc(NCCCn2ccnc2)c1. The topological polar surface area (TPSA) is 33.1 Å². The average molecular weight is 244 g/mol. The predicted octanol–water partition coefficient (Wildman–Crippen LogP) is 2.45. The summed E-state index contributed by atoms with van der Waals surface area (Å²) in [4.78, 5) is 6.13. The normalized spacial score (nSPS) is 10.3. The first kappa shape index (κ1) is 12.5. The lowest BCUT2D eigenvalue weighted by Gasteiger charge is -2.14. The van der Waals surface area contributed by atoms with E-state index in [1.807, 2.05) is 18.7 Å². The number of benzene rings is 1. The van der Waals surface area contributed by atoms with Crippen LogP contribution in [-0.4, -0.2) is 30.2 Å². The van der Waals surface area contributed by atoms with Crippen molar-refractivity contribution >= 4 is 11.4 Å². The van der Waals surface area contributed by atoms with Crippen molar-refractivity contribution < 1.29 is 0 Å². The highest BCUT2D eigenvalue weighted by Gasteiger charge is 1.97. The molecule has 0 aliphatic heterocycles. The molecule has 1 aromatic heterocycles. The minimum atomic E-state index is 0.967. The molecule has 0 unspecified atom stereocenters. The van der Waals surface area contributed by atoms with Gasteiger partial charge in [-0.2, -0.15) is 0 Å². The van der Waals surface area contributed by atoms with Gasteiger partial charge in [-0.05, 0) is 24.6 Å². The molecule has 0 bridgehead atoms. The third kappa shape index (κ3) is 3.52. The van der Waals surface area contributed by atoms with Gasteiger partial charge in [0.05, 0.1) is 6.33 Å². The van der Waals surface area contributed by atoms with Crippen LogP contribution < -0.4 is 10.2 Å². The summed E-state index contributed by atoms with van der Waals surface area (Å²) >= 11 is 0. The first-order chi connectivity index (χ1) is 8.75. The number of nitrogens with zero attached hydrogens (tertiary/aromatic N) is 3. The van der Waals surface area contributed by atoms with Gasteiger partial charge in [0.1, 0.15) is 0 Å². The Labute approximate surface area is 108 Å². The lowest BCUT2D eigenvalue weighted by Crippen LogP contribution is -2.10. The molecule has 1 N–H and O–H groups in total. The Kier molecular flexibility index (Phi) is 4.23. The van der Waals surface area contributed by atoms with Crippen LogP contribution in [0.2, 0.25) is 0 Å². The summed E-state index contributed by atoms with van der Waals surface area (Å²) in [5.74, 6) is 0. The Morgan fingerprint density at radius 1 is 1.33 bits per heavy atom. The van der Waals surface area contributed by atoms with Crippen LogP contribution in [0.1, 0.15) is 6.42 Å². The van der Waals surface area contributed by atoms with Crippen molar-refractivity contribution in [2.75, 3.05) is 30.9 Å². The van der Waals surface area contributed by atoms with Crippen LogP contribution >= 0.6 is 0 Å². The van der Waals surface area contributed by atoms with Gasteiger partial charge in [-0.1, -0.05) is 6.07 Å². The van der Waals surface area contributed by atoms with E-state index >= 15 is 0 Å². The van der Waals surface area contributed by atoms with Crippen molar-refractivity contribution in [3.8, 4) is 0 Å². The van der Waals surface area contributed by atoms with E-state index in [4.69, 9.17) is 0 Å². The van der Waals surface area contributed by atoms with E-state index in [0.29, 0.717) is 0 Å². The second-order valence-corrected chi connectivity index (χ2v) is 4.53. The standard InChI is InChI=1S/C14H20N4/c1-17(2)14-6-3-5-13(11-14)16-7-4-9-18-10-8-15-12-18/h3,5-6,8,10-12,16H,4,7,9H2,1-2H3. The van der Waals surface area contributed by atoms with Gasteiger partial charge in [0, 0.05) is 51.0 Å². The summed E-state index contributed by atoms with van der Waals surface area (Å²) in [7, 11) is 4.11. The molecule has 0 saturated heterocycles. The molecule has 0 radical (unpaired) electrons. The van der Waals surface area contributed by atoms with Crippen molar-refractivity contribution in [1.29, 1.82) is 0 Å². The molecular weight excluding hydrogens is 224 g/mol. The van der Waals surface area contributed by atoms with Crippen LogP contribution in [0.15, 0.2) is 43.0 Å². The predicted molar refractivity (Wildman–Crippen MR) is 76.1 cm³/mol. The van der Waals surface area contributed by atoms with Crippen LogP contribution in [-0.2, 0) is 6.54 Å². The molecular formula is C14H20N4. The Morgan fingerprint density at radius 3 is 2.94 bits per heavy atom. The van der Waals surface area contributed by atoms with Gasteiger partial charge in [0.2, 0.25) is 0 Å². The molecule has 0 saturated carbocycles. The molecule has 0 aliphatic carbocycles. The monoisotopic (exact) mass is 244 g/mol. The van der Waals surface area contributed by atoms with Gasteiger partial charge < -0.3 is 14.8 Å². The van der Waals surface area contributed by atoms with Crippen LogP contribution in [0, 0.1) is 0 Å². The first-order valence-electron chi connectivity index (χ1n) is 6.23. The van der Waals surface area contributed by atoms with Gasteiger partial charge in [-0.25, -0.2) is 4.98 Å². The van der Waals surface area contributed by atoms with Gasteiger partial charge >= 0.3 is 0 Å². The van der Waals surface area contributed by atoms with E-state index in [9.17, 15) is 0 Å². The lowest BCUT2D eigenvalue weighted by atomic mass is 10.2. The zero-order valence-corrected chi connectivity index (χ0v) is 11.0. The summed E-state index contributed by atoms with van der Waals surface area (Å²) in [6.07, 6.45) is 6.75. The Balaban J connectivity index is 1.78. The summed E-state index contributed by atoms with van der Waals surface area (Å²) in [6.45, 7) is 1.97. The zero-order chi connectivity index (χ0) is 12.8. The number of hydrogen-bond acceptors (Lipinski definition) is 3. The largest absolute Gasteiger partial charge is 0.385 e. The highest BCUT2D eigenvalue weighted by Crippen LogP contribution is 2.17. The fraction of sp³-hybridized carbons (Fsp3) is 0.357. The summed E-state index contributed by atoms with van der Waals surface area (Å²) in [5.41, 5.74) is 2.39. The number of anilines is 2. The van der Waals surface area contributed by atoms with E-state index in [0.717, 1.165) is 19.5 Å². The molecule has 0 aliphatic rings. The van der Waals surface area contributed by atoms with E-state index < -0.39 is 0 Å². The van der Waals surface area contributed by atoms with Crippen molar-refractivity contribution in [2.45, 2.75) is 13.0 Å². The maximum Gasteiger partial charge on any atom is 0.0945 e. The molecule has 2 aromatic rings. The minimum absolute atomic E-state index is 0.967. The number of rotatable bonds is 6. The minimum Gasteiger partial charge on any atom is -0.385 e. The van der Waals surface area contributed by atoms with Crippen molar-refractivity contribution in [3.63, 3.8) is 0 Å². The number of hydrogen-bond donors (Lipinski definition) is 1. The Bertz CT molecular complexity index is 462.